The third-order valence-electron chi connectivity index (χ3n) is 1.60. The Kier molecular flexibility index (Phi) is 5.02. The molecule has 0 atom stereocenters. The van der Waals surface area contributed by atoms with E-state index in [4.69, 9.17) is 23.2 Å². The topological polar surface area (TPSA) is 62.7 Å². The fourth-order valence-electron chi connectivity index (χ4n) is 1.05. The molecule has 0 amide bonds. The summed E-state index contributed by atoms with van der Waals surface area (Å²) in [4.78, 5) is 11.6. The molecule has 0 fully saturated rings. The second kappa shape index (κ2) is 6.06. The first kappa shape index (κ1) is 13.3. The third-order valence-corrected chi connectivity index (χ3v) is 1.99. The lowest BCUT2D eigenvalue weighted by atomic mass is 10.4. The average molecular weight is 264 g/mol. The molecule has 1 heterocycles. The third kappa shape index (κ3) is 3.98. The lowest BCUT2D eigenvalue weighted by molar-refractivity contribution is 0.851. The minimum absolute atomic E-state index is 0.230. The maximum atomic E-state index is 5.74. The van der Waals surface area contributed by atoms with Gasteiger partial charge in [-0.15, -0.1) is 0 Å². The van der Waals surface area contributed by atoms with Gasteiger partial charge in [-0.3, -0.25) is 0 Å². The van der Waals surface area contributed by atoms with E-state index >= 15 is 0 Å². The summed E-state index contributed by atoms with van der Waals surface area (Å²) in [6.45, 7) is 6.67. The summed E-state index contributed by atoms with van der Waals surface area (Å²) in [5.41, 5.74) is 0. The highest BCUT2D eigenvalue weighted by Gasteiger charge is 2.12. The van der Waals surface area contributed by atoms with Crippen molar-refractivity contribution in [1.29, 1.82) is 0 Å². The average Bonchev–Trinajstić information content (AvgIpc) is 2.16. The van der Waals surface area contributed by atoms with Gasteiger partial charge in [0.05, 0.1) is 0 Å². The number of nitrogens with zero attached hydrogens (tertiary/aromatic N) is 3. The molecule has 16 heavy (non-hydrogen) atoms. The molecule has 90 valence electrons. The maximum Gasteiger partial charge on any atom is 0.228 e. The van der Waals surface area contributed by atoms with Crippen LogP contribution in [0, 0.1) is 0 Å². The molecule has 0 aliphatic heterocycles. The molecule has 0 saturated heterocycles. The van der Waals surface area contributed by atoms with E-state index < -0.39 is 4.84 Å². The SMILES string of the molecule is CCNc1nc(NC(C)C)nc(C(Cl)Cl)n1. The van der Waals surface area contributed by atoms with Gasteiger partial charge < -0.3 is 10.6 Å². The van der Waals surface area contributed by atoms with Gasteiger partial charge >= 0.3 is 0 Å². The molecule has 0 bridgehead atoms. The second-order valence-electron chi connectivity index (χ2n) is 3.47. The minimum Gasteiger partial charge on any atom is -0.354 e. The van der Waals surface area contributed by atoms with Crippen LogP contribution in [0.5, 0.6) is 0 Å². The molecule has 1 aromatic rings. The lowest BCUT2D eigenvalue weighted by Crippen LogP contribution is -2.16. The molecule has 0 saturated carbocycles. The predicted molar refractivity (Wildman–Crippen MR) is 67.2 cm³/mol. The largest absolute Gasteiger partial charge is 0.354 e. The molecule has 0 unspecified atom stereocenters. The van der Waals surface area contributed by atoms with Crippen LogP contribution in [0.15, 0.2) is 0 Å². The van der Waals surface area contributed by atoms with Crippen molar-refractivity contribution in [3.63, 3.8) is 0 Å². The Morgan fingerprint density at radius 3 is 2.25 bits per heavy atom. The van der Waals surface area contributed by atoms with Crippen LogP contribution >= 0.6 is 23.2 Å². The van der Waals surface area contributed by atoms with Crippen LogP contribution < -0.4 is 10.6 Å². The molecular formula is C9H15Cl2N5. The van der Waals surface area contributed by atoms with E-state index in [1.807, 2.05) is 20.8 Å². The van der Waals surface area contributed by atoms with Crippen molar-refractivity contribution in [3.8, 4) is 0 Å². The maximum absolute atomic E-state index is 5.74. The highest BCUT2D eigenvalue weighted by Crippen LogP contribution is 2.22. The molecular weight excluding hydrogens is 249 g/mol. The first-order chi connectivity index (χ1) is 7.52. The summed E-state index contributed by atoms with van der Waals surface area (Å²) in [7, 11) is 0. The number of rotatable bonds is 5. The van der Waals surface area contributed by atoms with Crippen LogP contribution in [0.25, 0.3) is 0 Å². The van der Waals surface area contributed by atoms with Crippen molar-refractivity contribution in [2.75, 3.05) is 17.2 Å². The van der Waals surface area contributed by atoms with E-state index in [1.165, 1.54) is 0 Å². The van der Waals surface area contributed by atoms with Gasteiger partial charge in [-0.05, 0) is 20.8 Å². The summed E-state index contributed by atoms with van der Waals surface area (Å²) < 4.78 is 0. The Morgan fingerprint density at radius 1 is 1.12 bits per heavy atom. The van der Waals surface area contributed by atoms with Crippen molar-refractivity contribution < 1.29 is 0 Å². The normalized spacial score (nSPS) is 10.9. The first-order valence-electron chi connectivity index (χ1n) is 5.07. The number of halogens is 2. The highest BCUT2D eigenvalue weighted by atomic mass is 35.5. The minimum atomic E-state index is -0.756. The van der Waals surface area contributed by atoms with Gasteiger partial charge in [0.1, 0.15) is 0 Å². The molecule has 7 heteroatoms. The monoisotopic (exact) mass is 263 g/mol. The van der Waals surface area contributed by atoms with Crippen molar-refractivity contribution in [2.45, 2.75) is 31.6 Å². The van der Waals surface area contributed by atoms with E-state index in [0.717, 1.165) is 6.54 Å². The molecule has 0 radical (unpaired) electrons. The zero-order valence-electron chi connectivity index (χ0n) is 9.46. The van der Waals surface area contributed by atoms with Gasteiger partial charge in [0, 0.05) is 12.6 Å². The van der Waals surface area contributed by atoms with Crippen LogP contribution in [0.2, 0.25) is 0 Å². The molecule has 0 aliphatic rings. The summed E-state index contributed by atoms with van der Waals surface area (Å²) >= 11 is 11.5. The standard InChI is InChI=1S/C9H15Cl2N5/c1-4-12-8-14-7(6(10)11)15-9(16-8)13-5(2)3/h5-6H,4H2,1-3H3,(H2,12,13,14,15,16). The van der Waals surface area contributed by atoms with E-state index in [-0.39, 0.29) is 6.04 Å². The molecule has 0 aliphatic carbocycles. The molecule has 1 aromatic heterocycles. The number of anilines is 2. The van der Waals surface area contributed by atoms with Gasteiger partial charge in [0.15, 0.2) is 10.7 Å². The van der Waals surface area contributed by atoms with Crippen LogP contribution in [-0.4, -0.2) is 27.5 Å². The predicted octanol–water partition coefficient (Wildman–Crippen LogP) is 2.60. The molecule has 5 nitrogen and oxygen atoms in total. The quantitative estimate of drug-likeness (QED) is 0.800. The number of hydrogen-bond acceptors (Lipinski definition) is 5. The number of aromatic nitrogens is 3. The number of hydrogen-bond donors (Lipinski definition) is 2. The fourth-order valence-corrected chi connectivity index (χ4v) is 1.25. The van der Waals surface area contributed by atoms with Gasteiger partial charge in [-0.25, -0.2) is 0 Å². The van der Waals surface area contributed by atoms with Crippen LogP contribution in [0.4, 0.5) is 11.9 Å². The molecule has 1 rings (SSSR count). The first-order valence-corrected chi connectivity index (χ1v) is 5.94. The van der Waals surface area contributed by atoms with Gasteiger partial charge in [-0.1, -0.05) is 23.2 Å². The zero-order chi connectivity index (χ0) is 12.1. The van der Waals surface area contributed by atoms with E-state index in [2.05, 4.69) is 25.6 Å². The van der Waals surface area contributed by atoms with Crippen molar-refractivity contribution in [1.82, 2.24) is 15.0 Å². The molecule has 0 spiro atoms. The van der Waals surface area contributed by atoms with Gasteiger partial charge in [0.2, 0.25) is 11.9 Å². The molecule has 0 aromatic carbocycles. The van der Waals surface area contributed by atoms with Crippen molar-refractivity contribution >= 4 is 35.1 Å². The van der Waals surface area contributed by atoms with Crippen LogP contribution in [0.1, 0.15) is 31.4 Å². The van der Waals surface area contributed by atoms with E-state index in [0.29, 0.717) is 17.7 Å². The summed E-state index contributed by atoms with van der Waals surface area (Å²) in [5, 5.41) is 6.08. The fraction of sp³-hybridized carbons (Fsp3) is 0.667. The summed E-state index contributed by atoms with van der Waals surface area (Å²) in [6.07, 6.45) is 0. The Bertz CT molecular complexity index is 343. The van der Waals surface area contributed by atoms with Crippen LogP contribution in [-0.2, 0) is 0 Å². The zero-order valence-corrected chi connectivity index (χ0v) is 11.0. The van der Waals surface area contributed by atoms with Gasteiger partial charge in [-0.2, -0.15) is 15.0 Å². The van der Waals surface area contributed by atoms with Crippen LogP contribution in [0.3, 0.4) is 0 Å². The lowest BCUT2D eigenvalue weighted by Gasteiger charge is -2.11. The summed E-state index contributed by atoms with van der Waals surface area (Å²) in [6, 6.07) is 0.230. The Morgan fingerprint density at radius 2 is 1.75 bits per heavy atom. The Balaban J connectivity index is 2.98. The van der Waals surface area contributed by atoms with E-state index in [1.54, 1.807) is 0 Å². The van der Waals surface area contributed by atoms with Crippen molar-refractivity contribution in [3.05, 3.63) is 5.82 Å². The number of nitrogens with one attached hydrogen (secondary N) is 2. The highest BCUT2D eigenvalue weighted by molar-refractivity contribution is 6.43. The Labute approximate surface area is 105 Å². The Hall–Kier alpha value is -0.810. The second-order valence-corrected chi connectivity index (χ2v) is 4.57. The smallest absolute Gasteiger partial charge is 0.228 e. The van der Waals surface area contributed by atoms with E-state index in [9.17, 15) is 0 Å². The number of alkyl halides is 2. The van der Waals surface area contributed by atoms with Crippen molar-refractivity contribution in [2.24, 2.45) is 0 Å². The van der Waals surface area contributed by atoms with Gasteiger partial charge in [0.25, 0.3) is 0 Å². The molecule has 2 N–H and O–H groups in total. The summed E-state index contributed by atoms with van der Waals surface area (Å²) in [5.74, 6) is 1.29.